The highest BCUT2D eigenvalue weighted by Crippen LogP contribution is 2.41. The third-order valence-electron chi connectivity index (χ3n) is 5.30. The number of alkyl halides is 2. The Morgan fingerprint density at radius 3 is 2.66 bits per heavy atom. The second kappa shape index (κ2) is 7.53. The third kappa shape index (κ3) is 3.86. The Kier molecular flexibility index (Phi) is 5.06. The Morgan fingerprint density at radius 2 is 2.03 bits per heavy atom. The lowest BCUT2D eigenvalue weighted by Gasteiger charge is -2.08. The summed E-state index contributed by atoms with van der Waals surface area (Å²) in [5, 5.41) is 11.9. The van der Waals surface area contributed by atoms with Gasteiger partial charge in [0, 0.05) is 42.0 Å². The Labute approximate surface area is 167 Å². The van der Waals surface area contributed by atoms with Crippen LogP contribution in [0.3, 0.4) is 0 Å². The van der Waals surface area contributed by atoms with Gasteiger partial charge in [-0.05, 0) is 39.7 Å². The number of amides is 1. The van der Waals surface area contributed by atoms with Crippen molar-refractivity contribution in [3.63, 3.8) is 0 Å². The lowest BCUT2D eigenvalue weighted by molar-refractivity contribution is -0.121. The molecular formula is C20H24F2N6O. The van der Waals surface area contributed by atoms with Crippen LogP contribution in [-0.4, -0.2) is 30.5 Å². The number of aromatic nitrogens is 5. The summed E-state index contributed by atoms with van der Waals surface area (Å²) in [4.78, 5) is 17.1. The summed E-state index contributed by atoms with van der Waals surface area (Å²) in [6.45, 7) is 6.60. The number of rotatable bonds is 7. The maximum atomic E-state index is 13.6. The van der Waals surface area contributed by atoms with Gasteiger partial charge in [0.15, 0.2) is 5.65 Å². The first-order chi connectivity index (χ1) is 13.9. The van der Waals surface area contributed by atoms with Crippen molar-refractivity contribution in [2.24, 2.45) is 0 Å². The van der Waals surface area contributed by atoms with Crippen LogP contribution in [0, 0.1) is 13.8 Å². The van der Waals surface area contributed by atoms with Gasteiger partial charge in [0.1, 0.15) is 6.54 Å². The van der Waals surface area contributed by atoms with Crippen LogP contribution >= 0.6 is 0 Å². The number of carbonyl (C=O) groups is 1. The summed E-state index contributed by atoms with van der Waals surface area (Å²) in [6.07, 6.45) is 1.21. The van der Waals surface area contributed by atoms with Crippen molar-refractivity contribution in [2.45, 2.75) is 65.6 Å². The lowest BCUT2D eigenvalue weighted by atomic mass is 10.1. The molecule has 1 N–H and O–H groups in total. The van der Waals surface area contributed by atoms with Crippen molar-refractivity contribution in [1.82, 2.24) is 29.9 Å². The zero-order chi connectivity index (χ0) is 20.7. The minimum Gasteiger partial charge on any atom is -0.350 e. The van der Waals surface area contributed by atoms with E-state index in [4.69, 9.17) is 0 Å². The van der Waals surface area contributed by atoms with Crippen LogP contribution in [0.25, 0.3) is 11.0 Å². The summed E-state index contributed by atoms with van der Waals surface area (Å²) >= 11 is 0. The van der Waals surface area contributed by atoms with Gasteiger partial charge in [-0.1, -0.05) is 0 Å². The van der Waals surface area contributed by atoms with E-state index in [0.29, 0.717) is 29.0 Å². The van der Waals surface area contributed by atoms with Gasteiger partial charge in [-0.25, -0.2) is 18.4 Å². The molecule has 1 fully saturated rings. The normalized spacial score (nSPS) is 14.1. The number of aryl methyl sites for hydroxylation is 3. The van der Waals surface area contributed by atoms with Crippen molar-refractivity contribution < 1.29 is 13.6 Å². The topological polar surface area (TPSA) is 77.6 Å². The summed E-state index contributed by atoms with van der Waals surface area (Å²) in [5.41, 5.74) is 3.23. The van der Waals surface area contributed by atoms with Crippen LogP contribution in [0.4, 0.5) is 8.78 Å². The molecule has 0 aliphatic heterocycles. The molecule has 3 aromatic heterocycles. The molecule has 0 unspecified atom stereocenters. The second-order valence-corrected chi connectivity index (χ2v) is 7.53. The Balaban J connectivity index is 1.57. The number of hydrogen-bond acceptors (Lipinski definition) is 4. The third-order valence-corrected chi connectivity index (χ3v) is 5.30. The predicted octanol–water partition coefficient (Wildman–Crippen LogP) is 3.40. The molecule has 1 aliphatic carbocycles. The smallest absolute Gasteiger partial charge is 0.264 e. The Hall–Kier alpha value is -2.84. The molecule has 3 heterocycles. The minimum absolute atomic E-state index is 0.0522. The number of nitrogens with one attached hydrogen (secondary N) is 1. The molecule has 1 aliphatic rings. The van der Waals surface area contributed by atoms with E-state index in [0.717, 1.165) is 30.6 Å². The van der Waals surface area contributed by atoms with Gasteiger partial charge >= 0.3 is 0 Å². The van der Waals surface area contributed by atoms with Gasteiger partial charge in [0.25, 0.3) is 6.43 Å². The fourth-order valence-electron chi connectivity index (χ4n) is 3.56. The molecule has 4 rings (SSSR count). The molecule has 0 atom stereocenters. The largest absolute Gasteiger partial charge is 0.350 e. The van der Waals surface area contributed by atoms with Crippen molar-refractivity contribution in [2.75, 3.05) is 0 Å². The van der Waals surface area contributed by atoms with E-state index in [1.807, 2.05) is 24.7 Å². The van der Waals surface area contributed by atoms with E-state index in [1.54, 1.807) is 6.92 Å². The summed E-state index contributed by atoms with van der Waals surface area (Å²) in [6, 6.07) is 1.50. The van der Waals surface area contributed by atoms with Crippen molar-refractivity contribution >= 4 is 16.9 Å². The zero-order valence-electron chi connectivity index (χ0n) is 16.7. The van der Waals surface area contributed by atoms with Crippen LogP contribution < -0.4 is 5.32 Å². The van der Waals surface area contributed by atoms with Crippen LogP contribution in [0.2, 0.25) is 0 Å². The first-order valence-electron chi connectivity index (χ1n) is 9.83. The molecule has 154 valence electrons. The fraction of sp³-hybridized carbons (Fsp3) is 0.500. The first kappa shape index (κ1) is 19.5. The molecule has 3 aromatic rings. The number of halogens is 2. The molecule has 9 heteroatoms. The maximum Gasteiger partial charge on any atom is 0.264 e. The number of hydrogen-bond donors (Lipinski definition) is 1. The highest BCUT2D eigenvalue weighted by Gasteiger charge is 2.29. The molecule has 1 saturated carbocycles. The van der Waals surface area contributed by atoms with Crippen LogP contribution in [0.5, 0.6) is 0 Å². The Bertz CT molecular complexity index is 1070. The van der Waals surface area contributed by atoms with Crippen molar-refractivity contribution in [3.8, 4) is 0 Å². The number of nitrogens with zero attached hydrogens (tertiary/aromatic N) is 5. The minimum atomic E-state index is -2.61. The molecule has 29 heavy (non-hydrogen) atoms. The lowest BCUT2D eigenvalue weighted by Crippen LogP contribution is -2.27. The van der Waals surface area contributed by atoms with Gasteiger partial charge in [0.05, 0.1) is 16.8 Å². The Morgan fingerprint density at radius 1 is 1.28 bits per heavy atom. The quantitative estimate of drug-likeness (QED) is 0.657. The second-order valence-electron chi connectivity index (χ2n) is 7.53. The van der Waals surface area contributed by atoms with E-state index in [9.17, 15) is 13.6 Å². The van der Waals surface area contributed by atoms with Gasteiger partial charge in [-0.3, -0.25) is 9.48 Å². The SMILES string of the molecule is CCn1cc(CNC(=O)Cn2nc(C)c3c(C(F)F)cc(C4CC4)nc32)c(C)n1. The van der Waals surface area contributed by atoms with Crippen LogP contribution in [0.15, 0.2) is 12.3 Å². The van der Waals surface area contributed by atoms with Gasteiger partial charge in [-0.2, -0.15) is 10.2 Å². The maximum absolute atomic E-state index is 13.6. The fourth-order valence-corrected chi connectivity index (χ4v) is 3.56. The van der Waals surface area contributed by atoms with Crippen molar-refractivity contribution in [3.05, 3.63) is 40.5 Å². The van der Waals surface area contributed by atoms with E-state index in [-0.39, 0.29) is 23.9 Å². The number of carbonyl (C=O) groups excluding carboxylic acids is 1. The summed E-state index contributed by atoms with van der Waals surface area (Å²) in [5.74, 6) is -0.0252. The number of fused-ring (bicyclic) bond motifs is 1. The zero-order valence-corrected chi connectivity index (χ0v) is 16.7. The van der Waals surface area contributed by atoms with Gasteiger partial charge in [0.2, 0.25) is 5.91 Å². The van der Waals surface area contributed by atoms with E-state index >= 15 is 0 Å². The monoisotopic (exact) mass is 402 g/mol. The van der Waals surface area contributed by atoms with E-state index in [2.05, 4.69) is 20.5 Å². The van der Waals surface area contributed by atoms with Gasteiger partial charge in [-0.15, -0.1) is 0 Å². The molecule has 0 aromatic carbocycles. The van der Waals surface area contributed by atoms with Crippen molar-refractivity contribution in [1.29, 1.82) is 0 Å². The highest BCUT2D eigenvalue weighted by molar-refractivity contribution is 5.85. The summed E-state index contributed by atoms with van der Waals surface area (Å²) < 4.78 is 30.5. The molecule has 0 saturated heterocycles. The molecule has 0 radical (unpaired) electrons. The molecular weight excluding hydrogens is 378 g/mol. The molecule has 0 bridgehead atoms. The molecule has 7 nitrogen and oxygen atoms in total. The predicted molar refractivity (Wildman–Crippen MR) is 104 cm³/mol. The molecule has 1 amide bonds. The van der Waals surface area contributed by atoms with Gasteiger partial charge < -0.3 is 5.32 Å². The summed E-state index contributed by atoms with van der Waals surface area (Å²) in [7, 11) is 0. The van der Waals surface area contributed by atoms with Crippen LogP contribution in [-0.2, 0) is 24.4 Å². The molecule has 0 spiro atoms. The number of pyridine rings is 1. The van der Waals surface area contributed by atoms with E-state index < -0.39 is 6.43 Å². The first-order valence-corrected chi connectivity index (χ1v) is 9.83. The average Bonchev–Trinajstić information content (AvgIpc) is 3.41. The standard InChI is InChI=1S/C20H24F2N6O/c1-4-27-9-14(11(2)25-27)8-23-17(29)10-28-20-18(12(3)26-28)15(19(21)22)7-16(24-20)13-5-6-13/h7,9,13,19H,4-6,8,10H2,1-3H3,(H,23,29). The highest BCUT2D eigenvalue weighted by atomic mass is 19.3. The van der Waals surface area contributed by atoms with E-state index in [1.165, 1.54) is 10.7 Å². The van der Waals surface area contributed by atoms with Crippen LogP contribution in [0.1, 0.15) is 60.3 Å². The average molecular weight is 402 g/mol.